The molecule has 0 spiro atoms. The first kappa shape index (κ1) is 17.1. The van der Waals surface area contributed by atoms with Crippen molar-refractivity contribution in [2.75, 3.05) is 7.05 Å². The van der Waals surface area contributed by atoms with Gasteiger partial charge in [-0.15, -0.1) is 22.7 Å². The molecule has 0 bridgehead atoms. The highest BCUT2D eigenvalue weighted by atomic mass is 32.1. The molecule has 0 aliphatic heterocycles. The highest BCUT2D eigenvalue weighted by Gasteiger charge is 2.18. The van der Waals surface area contributed by atoms with E-state index in [0.29, 0.717) is 11.2 Å². The second-order valence-corrected chi connectivity index (χ2v) is 8.14. The number of aromatic nitrogens is 2. The first-order valence-corrected chi connectivity index (χ1v) is 10.2. The van der Waals surface area contributed by atoms with Gasteiger partial charge in [-0.3, -0.25) is 9.69 Å². The van der Waals surface area contributed by atoms with Crippen molar-refractivity contribution in [1.82, 2.24) is 14.9 Å². The Hall–Kier alpha value is -2.28. The fraction of sp³-hybridized carbons (Fsp3) is 0.200. The normalized spacial score (nSPS) is 12.7. The van der Waals surface area contributed by atoms with E-state index in [9.17, 15) is 4.79 Å². The summed E-state index contributed by atoms with van der Waals surface area (Å²) in [6.45, 7) is 2.87. The largest absolute Gasteiger partial charge is 0.309 e. The minimum atomic E-state index is -0.0605. The molecule has 4 aromatic rings. The Morgan fingerprint density at radius 1 is 1.15 bits per heavy atom. The van der Waals surface area contributed by atoms with Gasteiger partial charge in [0.05, 0.1) is 11.4 Å². The molecule has 3 heterocycles. The summed E-state index contributed by atoms with van der Waals surface area (Å²) in [5.41, 5.74) is 2.15. The van der Waals surface area contributed by atoms with Crippen LogP contribution in [0.1, 0.15) is 24.4 Å². The summed E-state index contributed by atoms with van der Waals surface area (Å²) < 4.78 is 0. The highest BCUT2D eigenvalue weighted by Crippen LogP contribution is 2.34. The lowest BCUT2D eigenvalue weighted by Crippen LogP contribution is -2.25. The van der Waals surface area contributed by atoms with Crippen LogP contribution in [0.2, 0.25) is 0 Å². The Labute approximate surface area is 159 Å². The lowest BCUT2D eigenvalue weighted by Gasteiger charge is -2.23. The molecule has 1 aromatic carbocycles. The SMILES string of the molecule is C[C@H](c1nc2scc(-c3cccs3)c2c(=O)[nH]1)N(C)Cc1ccccc1. The fourth-order valence-electron chi connectivity index (χ4n) is 2.99. The van der Waals surface area contributed by atoms with Gasteiger partial charge in [-0.25, -0.2) is 4.98 Å². The van der Waals surface area contributed by atoms with Gasteiger partial charge in [0.2, 0.25) is 0 Å². The smallest absolute Gasteiger partial charge is 0.260 e. The fourth-order valence-corrected chi connectivity index (χ4v) is 4.76. The van der Waals surface area contributed by atoms with Crippen LogP contribution in [0.25, 0.3) is 20.7 Å². The molecule has 0 aliphatic rings. The maximum atomic E-state index is 12.8. The lowest BCUT2D eigenvalue weighted by atomic mass is 10.2. The van der Waals surface area contributed by atoms with Gasteiger partial charge in [-0.1, -0.05) is 36.4 Å². The monoisotopic (exact) mass is 381 g/mol. The van der Waals surface area contributed by atoms with Crippen molar-refractivity contribution in [2.24, 2.45) is 0 Å². The van der Waals surface area contributed by atoms with E-state index < -0.39 is 0 Å². The molecule has 0 saturated carbocycles. The van der Waals surface area contributed by atoms with E-state index in [1.165, 1.54) is 16.9 Å². The lowest BCUT2D eigenvalue weighted by molar-refractivity contribution is 0.244. The molecule has 132 valence electrons. The number of hydrogen-bond donors (Lipinski definition) is 1. The van der Waals surface area contributed by atoms with Crippen LogP contribution in [-0.4, -0.2) is 21.9 Å². The number of rotatable bonds is 5. The molecule has 3 aromatic heterocycles. The van der Waals surface area contributed by atoms with E-state index in [1.807, 2.05) is 48.1 Å². The summed E-state index contributed by atoms with van der Waals surface area (Å²) in [5, 5.41) is 4.75. The summed E-state index contributed by atoms with van der Waals surface area (Å²) >= 11 is 3.17. The third-order valence-electron chi connectivity index (χ3n) is 4.58. The topological polar surface area (TPSA) is 49.0 Å². The molecule has 0 radical (unpaired) electrons. The van der Waals surface area contributed by atoms with Crippen molar-refractivity contribution in [3.63, 3.8) is 0 Å². The Kier molecular flexibility index (Phi) is 4.72. The van der Waals surface area contributed by atoms with Crippen molar-refractivity contribution in [1.29, 1.82) is 0 Å². The van der Waals surface area contributed by atoms with Crippen LogP contribution < -0.4 is 5.56 Å². The molecular weight excluding hydrogens is 362 g/mol. The van der Waals surface area contributed by atoms with Crippen LogP contribution in [0.3, 0.4) is 0 Å². The quantitative estimate of drug-likeness (QED) is 0.534. The van der Waals surface area contributed by atoms with Crippen molar-refractivity contribution in [3.05, 3.63) is 75.0 Å². The van der Waals surface area contributed by atoms with E-state index in [1.54, 1.807) is 11.3 Å². The predicted octanol–water partition coefficient (Wildman–Crippen LogP) is 4.91. The van der Waals surface area contributed by atoms with Crippen molar-refractivity contribution in [3.8, 4) is 10.4 Å². The van der Waals surface area contributed by atoms with Gasteiger partial charge in [-0.05, 0) is 31.0 Å². The van der Waals surface area contributed by atoms with Gasteiger partial charge < -0.3 is 4.98 Å². The van der Waals surface area contributed by atoms with E-state index in [0.717, 1.165) is 21.8 Å². The number of aromatic amines is 1. The Morgan fingerprint density at radius 2 is 1.96 bits per heavy atom. The molecule has 0 saturated heterocycles. The standard InChI is InChI=1S/C20H19N3OS2/c1-13(23(2)11-14-7-4-3-5-8-14)18-21-19(24)17-15(12-26-20(17)22-18)16-9-6-10-25-16/h3-10,12-13H,11H2,1-2H3,(H,21,22,24)/t13-/m1/s1. The van der Waals surface area contributed by atoms with Gasteiger partial charge in [-0.2, -0.15) is 0 Å². The van der Waals surface area contributed by atoms with Crippen LogP contribution in [0.4, 0.5) is 0 Å². The molecule has 0 aliphatic carbocycles. The van der Waals surface area contributed by atoms with Crippen molar-refractivity contribution in [2.45, 2.75) is 19.5 Å². The second kappa shape index (κ2) is 7.15. The van der Waals surface area contributed by atoms with E-state index in [2.05, 4.69) is 28.9 Å². The highest BCUT2D eigenvalue weighted by molar-refractivity contribution is 7.18. The van der Waals surface area contributed by atoms with Crippen LogP contribution in [0, 0.1) is 0 Å². The summed E-state index contributed by atoms with van der Waals surface area (Å²) in [6, 6.07) is 14.4. The zero-order chi connectivity index (χ0) is 18.1. The maximum absolute atomic E-state index is 12.8. The molecule has 1 N–H and O–H groups in total. The van der Waals surface area contributed by atoms with Crippen molar-refractivity contribution >= 4 is 32.9 Å². The first-order chi connectivity index (χ1) is 12.6. The number of H-pyrrole nitrogens is 1. The average Bonchev–Trinajstić information content (AvgIpc) is 3.31. The summed E-state index contributed by atoms with van der Waals surface area (Å²) in [7, 11) is 2.05. The van der Waals surface area contributed by atoms with Gasteiger partial charge in [0.15, 0.2) is 0 Å². The minimum Gasteiger partial charge on any atom is -0.309 e. The second-order valence-electron chi connectivity index (χ2n) is 6.33. The van der Waals surface area contributed by atoms with Gasteiger partial charge in [0.1, 0.15) is 10.7 Å². The molecule has 4 rings (SSSR count). The number of fused-ring (bicyclic) bond motifs is 1. The number of thiophene rings is 2. The molecule has 0 amide bonds. The van der Waals surface area contributed by atoms with Gasteiger partial charge in [0, 0.05) is 22.4 Å². The zero-order valence-corrected chi connectivity index (χ0v) is 16.2. The Balaban J connectivity index is 1.66. The third-order valence-corrected chi connectivity index (χ3v) is 6.36. The molecular formula is C20H19N3OS2. The number of hydrogen-bond acceptors (Lipinski definition) is 5. The minimum absolute atomic E-state index is 0.0135. The van der Waals surface area contributed by atoms with E-state index >= 15 is 0 Å². The molecule has 4 nitrogen and oxygen atoms in total. The average molecular weight is 382 g/mol. The first-order valence-electron chi connectivity index (χ1n) is 8.43. The van der Waals surface area contributed by atoms with Crippen LogP contribution in [0.5, 0.6) is 0 Å². The number of benzene rings is 1. The summed E-state index contributed by atoms with van der Waals surface area (Å²) in [6.07, 6.45) is 0. The molecule has 0 unspecified atom stereocenters. The molecule has 26 heavy (non-hydrogen) atoms. The van der Waals surface area contributed by atoms with Crippen LogP contribution >= 0.6 is 22.7 Å². The molecule has 6 heteroatoms. The Bertz CT molecular complexity index is 1070. The van der Waals surface area contributed by atoms with Gasteiger partial charge >= 0.3 is 0 Å². The maximum Gasteiger partial charge on any atom is 0.260 e. The zero-order valence-electron chi connectivity index (χ0n) is 14.6. The molecule has 0 fully saturated rings. The third kappa shape index (κ3) is 3.23. The Morgan fingerprint density at radius 3 is 2.69 bits per heavy atom. The van der Waals surface area contributed by atoms with E-state index in [4.69, 9.17) is 4.98 Å². The van der Waals surface area contributed by atoms with Gasteiger partial charge in [0.25, 0.3) is 5.56 Å². The number of nitrogens with one attached hydrogen (secondary N) is 1. The van der Waals surface area contributed by atoms with E-state index in [-0.39, 0.29) is 11.6 Å². The number of nitrogens with zero attached hydrogens (tertiary/aromatic N) is 2. The van der Waals surface area contributed by atoms with Crippen LogP contribution in [-0.2, 0) is 6.54 Å². The summed E-state index contributed by atoms with van der Waals surface area (Å²) in [5.74, 6) is 0.709. The predicted molar refractivity (Wildman–Crippen MR) is 110 cm³/mol. The molecule has 1 atom stereocenters. The van der Waals surface area contributed by atoms with Crippen molar-refractivity contribution < 1.29 is 0 Å². The van der Waals surface area contributed by atoms with Crippen LogP contribution in [0.15, 0.2) is 58.0 Å². The summed E-state index contributed by atoms with van der Waals surface area (Å²) in [4.78, 5) is 24.6.